The van der Waals surface area contributed by atoms with Crippen molar-refractivity contribution in [3.63, 3.8) is 0 Å². The number of hydrogen-bond donors (Lipinski definition) is 2. The molecule has 5 nitrogen and oxygen atoms in total. The molecule has 0 aliphatic heterocycles. The SMILES string of the molecule is CCc1ccc(Nc2nncc(Nc3ccc(Br)cc3)n2)cc1. The summed E-state index contributed by atoms with van der Waals surface area (Å²) >= 11 is 3.41. The Morgan fingerprint density at radius 1 is 0.913 bits per heavy atom. The molecule has 0 radical (unpaired) electrons. The summed E-state index contributed by atoms with van der Waals surface area (Å²) < 4.78 is 1.03. The van der Waals surface area contributed by atoms with Gasteiger partial charge in [-0.3, -0.25) is 0 Å². The normalized spacial score (nSPS) is 10.3. The molecular formula is C17H16BrN5. The van der Waals surface area contributed by atoms with Crippen LogP contribution in [0.4, 0.5) is 23.1 Å². The van der Waals surface area contributed by atoms with Gasteiger partial charge >= 0.3 is 0 Å². The van der Waals surface area contributed by atoms with Gasteiger partial charge in [0.15, 0.2) is 5.82 Å². The number of hydrogen-bond acceptors (Lipinski definition) is 5. The number of aromatic nitrogens is 3. The smallest absolute Gasteiger partial charge is 0.249 e. The Balaban J connectivity index is 1.72. The molecule has 0 amide bonds. The highest BCUT2D eigenvalue weighted by molar-refractivity contribution is 9.10. The average molecular weight is 370 g/mol. The molecule has 0 atom stereocenters. The van der Waals surface area contributed by atoms with Gasteiger partial charge in [-0.1, -0.05) is 35.0 Å². The third-order valence-corrected chi connectivity index (χ3v) is 3.82. The molecule has 6 heteroatoms. The molecule has 0 saturated heterocycles. The fourth-order valence-electron chi connectivity index (χ4n) is 2.05. The van der Waals surface area contributed by atoms with Crippen LogP contribution in [0.1, 0.15) is 12.5 Å². The summed E-state index contributed by atoms with van der Waals surface area (Å²) in [7, 11) is 0. The minimum absolute atomic E-state index is 0.455. The van der Waals surface area contributed by atoms with Crippen molar-refractivity contribution in [3.8, 4) is 0 Å². The molecule has 2 N–H and O–H groups in total. The summed E-state index contributed by atoms with van der Waals surface area (Å²) in [6.07, 6.45) is 2.61. The lowest BCUT2D eigenvalue weighted by Crippen LogP contribution is -2.02. The van der Waals surface area contributed by atoms with E-state index < -0.39 is 0 Å². The first kappa shape index (κ1) is 15.4. The lowest BCUT2D eigenvalue weighted by atomic mass is 10.1. The predicted molar refractivity (Wildman–Crippen MR) is 96.4 cm³/mol. The second-order valence-corrected chi connectivity index (χ2v) is 5.89. The topological polar surface area (TPSA) is 62.7 Å². The lowest BCUT2D eigenvalue weighted by molar-refractivity contribution is 0.982. The second-order valence-electron chi connectivity index (χ2n) is 4.97. The summed E-state index contributed by atoms with van der Waals surface area (Å²) in [5.74, 6) is 1.09. The summed E-state index contributed by atoms with van der Waals surface area (Å²) in [6, 6.07) is 16.0. The molecule has 1 aromatic heterocycles. The monoisotopic (exact) mass is 369 g/mol. The first-order chi connectivity index (χ1) is 11.2. The van der Waals surface area contributed by atoms with Crippen LogP contribution in [0.5, 0.6) is 0 Å². The number of benzene rings is 2. The van der Waals surface area contributed by atoms with Crippen LogP contribution in [0.2, 0.25) is 0 Å². The zero-order chi connectivity index (χ0) is 16.1. The number of aryl methyl sites for hydroxylation is 1. The Hall–Kier alpha value is -2.47. The third kappa shape index (κ3) is 4.26. The summed E-state index contributed by atoms with van der Waals surface area (Å²) in [4.78, 5) is 4.42. The Morgan fingerprint density at radius 2 is 1.57 bits per heavy atom. The van der Waals surface area contributed by atoms with Gasteiger partial charge < -0.3 is 10.6 Å². The van der Waals surface area contributed by atoms with Gasteiger partial charge in [0.1, 0.15) is 0 Å². The maximum absolute atomic E-state index is 4.42. The molecule has 0 aliphatic rings. The first-order valence-corrected chi connectivity index (χ1v) is 8.10. The second kappa shape index (κ2) is 7.19. The van der Waals surface area contributed by atoms with Crippen molar-refractivity contribution < 1.29 is 0 Å². The van der Waals surface area contributed by atoms with E-state index in [4.69, 9.17) is 0 Å². The molecular weight excluding hydrogens is 354 g/mol. The summed E-state index contributed by atoms with van der Waals surface area (Å²) in [5.41, 5.74) is 3.16. The van der Waals surface area contributed by atoms with Crippen LogP contribution in [0.3, 0.4) is 0 Å². The number of rotatable bonds is 5. The van der Waals surface area contributed by atoms with Crippen molar-refractivity contribution in [2.24, 2.45) is 0 Å². The van der Waals surface area contributed by atoms with Crippen molar-refractivity contribution in [3.05, 3.63) is 64.8 Å². The Morgan fingerprint density at radius 3 is 2.26 bits per heavy atom. The molecule has 0 bridgehead atoms. The maximum atomic E-state index is 4.42. The number of nitrogens with zero attached hydrogens (tertiary/aromatic N) is 3. The van der Waals surface area contributed by atoms with Crippen LogP contribution in [-0.2, 0) is 6.42 Å². The highest BCUT2D eigenvalue weighted by atomic mass is 79.9. The maximum Gasteiger partial charge on any atom is 0.249 e. The van der Waals surface area contributed by atoms with E-state index in [-0.39, 0.29) is 0 Å². The lowest BCUT2D eigenvalue weighted by Gasteiger charge is -2.08. The van der Waals surface area contributed by atoms with Crippen molar-refractivity contribution in [2.75, 3.05) is 10.6 Å². The zero-order valence-electron chi connectivity index (χ0n) is 12.6. The molecule has 0 saturated carbocycles. The van der Waals surface area contributed by atoms with E-state index in [9.17, 15) is 0 Å². The van der Waals surface area contributed by atoms with Gasteiger partial charge in [-0.25, -0.2) is 0 Å². The molecule has 1 heterocycles. The van der Waals surface area contributed by atoms with Crippen LogP contribution >= 0.6 is 15.9 Å². The van der Waals surface area contributed by atoms with Gasteiger partial charge in [0.25, 0.3) is 0 Å². The zero-order valence-corrected chi connectivity index (χ0v) is 14.2. The van der Waals surface area contributed by atoms with Crippen molar-refractivity contribution in [1.29, 1.82) is 0 Å². The van der Waals surface area contributed by atoms with Gasteiger partial charge in [-0.15, -0.1) is 5.10 Å². The van der Waals surface area contributed by atoms with E-state index in [1.807, 2.05) is 36.4 Å². The molecule has 3 aromatic rings. The quantitative estimate of drug-likeness (QED) is 0.683. The average Bonchev–Trinajstić information content (AvgIpc) is 2.58. The fourth-order valence-corrected chi connectivity index (χ4v) is 2.32. The van der Waals surface area contributed by atoms with E-state index in [0.29, 0.717) is 11.8 Å². The fraction of sp³-hybridized carbons (Fsp3) is 0.118. The summed E-state index contributed by atoms with van der Waals surface area (Å²) in [5, 5.41) is 14.4. The molecule has 3 rings (SSSR count). The Bertz CT molecular complexity index is 772. The van der Waals surface area contributed by atoms with Gasteiger partial charge in [0, 0.05) is 15.8 Å². The van der Waals surface area contributed by atoms with Gasteiger partial charge in [-0.2, -0.15) is 10.1 Å². The molecule has 0 spiro atoms. The van der Waals surface area contributed by atoms with Crippen molar-refractivity contribution in [2.45, 2.75) is 13.3 Å². The van der Waals surface area contributed by atoms with Crippen LogP contribution in [0, 0.1) is 0 Å². The van der Waals surface area contributed by atoms with Crippen LogP contribution in [0.15, 0.2) is 59.2 Å². The number of anilines is 4. The van der Waals surface area contributed by atoms with E-state index in [0.717, 1.165) is 22.3 Å². The van der Waals surface area contributed by atoms with Crippen LogP contribution < -0.4 is 10.6 Å². The van der Waals surface area contributed by atoms with Gasteiger partial charge in [0.05, 0.1) is 6.20 Å². The minimum atomic E-state index is 0.455. The molecule has 2 aromatic carbocycles. The molecule has 0 unspecified atom stereocenters. The number of nitrogens with one attached hydrogen (secondary N) is 2. The van der Waals surface area contributed by atoms with Gasteiger partial charge in [-0.05, 0) is 48.4 Å². The Labute approximate surface area is 143 Å². The largest absolute Gasteiger partial charge is 0.339 e. The van der Waals surface area contributed by atoms with E-state index in [1.54, 1.807) is 6.20 Å². The highest BCUT2D eigenvalue weighted by Gasteiger charge is 2.02. The van der Waals surface area contributed by atoms with Crippen LogP contribution in [-0.4, -0.2) is 15.2 Å². The first-order valence-electron chi connectivity index (χ1n) is 7.31. The molecule has 0 aliphatic carbocycles. The molecule has 116 valence electrons. The molecule has 0 fully saturated rings. The van der Waals surface area contributed by atoms with Crippen molar-refractivity contribution in [1.82, 2.24) is 15.2 Å². The predicted octanol–water partition coefficient (Wildman–Crippen LogP) is 4.68. The number of halogens is 1. The highest BCUT2D eigenvalue weighted by Crippen LogP contribution is 2.19. The van der Waals surface area contributed by atoms with E-state index in [2.05, 4.69) is 60.8 Å². The molecule has 23 heavy (non-hydrogen) atoms. The standard InChI is InChI=1S/C17H16BrN5/c1-2-12-3-7-15(8-4-12)21-17-22-16(11-19-23-17)20-14-9-5-13(18)6-10-14/h3-11H,2H2,1H3,(H2,20,21,22,23). The van der Waals surface area contributed by atoms with E-state index in [1.165, 1.54) is 5.56 Å². The van der Waals surface area contributed by atoms with Crippen LogP contribution in [0.25, 0.3) is 0 Å². The van der Waals surface area contributed by atoms with E-state index >= 15 is 0 Å². The minimum Gasteiger partial charge on any atom is -0.339 e. The van der Waals surface area contributed by atoms with Gasteiger partial charge in [0.2, 0.25) is 5.95 Å². The third-order valence-electron chi connectivity index (χ3n) is 3.29. The Kier molecular flexibility index (Phi) is 4.83. The van der Waals surface area contributed by atoms with Crippen molar-refractivity contribution >= 4 is 39.1 Å². The summed E-state index contributed by atoms with van der Waals surface area (Å²) in [6.45, 7) is 2.13.